The van der Waals surface area contributed by atoms with Crippen LogP contribution in [-0.2, 0) is 6.54 Å². The Kier molecular flexibility index (Phi) is 2.95. The predicted octanol–water partition coefficient (Wildman–Crippen LogP) is 1.08. The Labute approximate surface area is 91.1 Å². The van der Waals surface area contributed by atoms with Gasteiger partial charge in [0.15, 0.2) is 0 Å². The zero-order valence-electron chi connectivity index (χ0n) is 9.56. The summed E-state index contributed by atoms with van der Waals surface area (Å²) in [5.41, 5.74) is 5.93. The van der Waals surface area contributed by atoms with Crippen LogP contribution in [-0.4, -0.2) is 28.7 Å². The number of rotatable bonds is 3. The summed E-state index contributed by atoms with van der Waals surface area (Å²) in [6, 6.07) is 0.292. The van der Waals surface area contributed by atoms with E-state index in [1.165, 1.54) is 6.42 Å². The van der Waals surface area contributed by atoms with Crippen molar-refractivity contribution in [1.29, 1.82) is 0 Å². The second-order valence-corrected chi connectivity index (χ2v) is 4.37. The minimum Gasteiger partial charge on any atom is -0.342 e. The van der Waals surface area contributed by atoms with Gasteiger partial charge in [0.2, 0.25) is 5.95 Å². The molecule has 0 aromatic carbocycles. The van der Waals surface area contributed by atoms with Crippen molar-refractivity contribution in [3.63, 3.8) is 0 Å². The Balaban J connectivity index is 2.07. The molecule has 4 nitrogen and oxygen atoms in total. The Morgan fingerprint density at radius 3 is 3.07 bits per heavy atom. The first-order chi connectivity index (χ1) is 7.22. The summed E-state index contributed by atoms with van der Waals surface area (Å²) < 4.78 is 2.18. The fourth-order valence-electron chi connectivity index (χ4n) is 2.23. The molecule has 2 heterocycles. The van der Waals surface area contributed by atoms with Crippen LogP contribution in [0.25, 0.3) is 0 Å². The number of hydrogen-bond donors (Lipinski definition) is 1. The minimum absolute atomic E-state index is 0.292. The fraction of sp³-hybridized carbons (Fsp3) is 0.727. The number of nitrogens with two attached hydrogens (primary N) is 1. The standard InChI is InChI=1S/C11H20N4/c1-3-14-7-5-13-11(14)15-6-4-10(8-15)9(2)12/h5,7,9-10H,3-4,6,8,12H2,1-2H3. The van der Waals surface area contributed by atoms with E-state index >= 15 is 0 Å². The molecule has 0 aliphatic carbocycles. The first-order valence-electron chi connectivity index (χ1n) is 5.74. The van der Waals surface area contributed by atoms with Gasteiger partial charge < -0.3 is 15.2 Å². The summed E-state index contributed by atoms with van der Waals surface area (Å²) >= 11 is 0. The van der Waals surface area contributed by atoms with E-state index < -0.39 is 0 Å². The van der Waals surface area contributed by atoms with Crippen molar-refractivity contribution in [2.24, 2.45) is 11.7 Å². The van der Waals surface area contributed by atoms with Gasteiger partial charge in [-0.05, 0) is 26.2 Å². The molecule has 2 unspecified atom stereocenters. The van der Waals surface area contributed by atoms with Crippen molar-refractivity contribution in [1.82, 2.24) is 9.55 Å². The van der Waals surface area contributed by atoms with Crippen LogP contribution < -0.4 is 10.6 Å². The molecule has 1 aromatic heterocycles. The number of aromatic nitrogens is 2. The van der Waals surface area contributed by atoms with E-state index in [2.05, 4.69) is 28.3 Å². The molecule has 0 bridgehead atoms. The van der Waals surface area contributed by atoms with E-state index in [0.29, 0.717) is 12.0 Å². The third-order valence-electron chi connectivity index (χ3n) is 3.29. The van der Waals surface area contributed by atoms with Gasteiger partial charge in [0.1, 0.15) is 0 Å². The number of aryl methyl sites for hydroxylation is 1. The van der Waals surface area contributed by atoms with Gasteiger partial charge in [-0.3, -0.25) is 0 Å². The number of hydrogen-bond acceptors (Lipinski definition) is 3. The van der Waals surface area contributed by atoms with E-state index in [-0.39, 0.29) is 0 Å². The van der Waals surface area contributed by atoms with Crippen LogP contribution in [0.5, 0.6) is 0 Å². The molecule has 2 rings (SSSR count). The molecular weight excluding hydrogens is 188 g/mol. The van der Waals surface area contributed by atoms with Crippen molar-refractivity contribution in [3.05, 3.63) is 12.4 Å². The lowest BCUT2D eigenvalue weighted by molar-refractivity contribution is 0.487. The summed E-state index contributed by atoms with van der Waals surface area (Å²) in [6.45, 7) is 7.36. The van der Waals surface area contributed by atoms with Gasteiger partial charge in [-0.25, -0.2) is 4.98 Å². The molecule has 15 heavy (non-hydrogen) atoms. The second kappa shape index (κ2) is 4.23. The molecule has 1 fully saturated rings. The zero-order chi connectivity index (χ0) is 10.8. The molecule has 1 saturated heterocycles. The number of imidazole rings is 1. The Morgan fingerprint density at radius 2 is 2.47 bits per heavy atom. The number of nitrogens with zero attached hydrogens (tertiary/aromatic N) is 3. The van der Waals surface area contributed by atoms with Crippen LogP contribution in [0.2, 0.25) is 0 Å². The highest BCUT2D eigenvalue weighted by molar-refractivity contribution is 5.33. The molecule has 4 heteroatoms. The molecule has 0 saturated carbocycles. The highest BCUT2D eigenvalue weighted by Crippen LogP contribution is 2.23. The lowest BCUT2D eigenvalue weighted by Gasteiger charge is -2.19. The van der Waals surface area contributed by atoms with Gasteiger partial charge >= 0.3 is 0 Å². The summed E-state index contributed by atoms with van der Waals surface area (Å²) in [6.07, 6.45) is 5.10. The summed E-state index contributed by atoms with van der Waals surface area (Å²) in [7, 11) is 0. The average Bonchev–Trinajstić information content (AvgIpc) is 2.85. The van der Waals surface area contributed by atoms with E-state index in [9.17, 15) is 0 Å². The molecular formula is C11H20N4. The van der Waals surface area contributed by atoms with E-state index in [0.717, 1.165) is 25.6 Å². The van der Waals surface area contributed by atoms with Gasteiger partial charge in [0, 0.05) is 38.1 Å². The molecule has 84 valence electrons. The lowest BCUT2D eigenvalue weighted by atomic mass is 10.0. The predicted molar refractivity (Wildman–Crippen MR) is 61.9 cm³/mol. The maximum absolute atomic E-state index is 5.93. The van der Waals surface area contributed by atoms with Crippen molar-refractivity contribution in [2.45, 2.75) is 32.9 Å². The van der Waals surface area contributed by atoms with E-state index in [1.807, 2.05) is 12.4 Å². The quantitative estimate of drug-likeness (QED) is 0.808. The Hall–Kier alpha value is -1.03. The normalized spacial score (nSPS) is 23.4. The van der Waals surface area contributed by atoms with Crippen molar-refractivity contribution >= 4 is 5.95 Å². The number of anilines is 1. The molecule has 1 aliphatic heterocycles. The average molecular weight is 208 g/mol. The summed E-state index contributed by atoms with van der Waals surface area (Å²) in [4.78, 5) is 6.76. The van der Waals surface area contributed by atoms with E-state index in [1.54, 1.807) is 0 Å². The highest BCUT2D eigenvalue weighted by atomic mass is 15.3. The topological polar surface area (TPSA) is 47.1 Å². The molecule has 1 aliphatic rings. The summed E-state index contributed by atoms with van der Waals surface area (Å²) in [5, 5.41) is 0. The summed E-state index contributed by atoms with van der Waals surface area (Å²) in [5.74, 6) is 1.72. The van der Waals surface area contributed by atoms with Crippen LogP contribution in [0.4, 0.5) is 5.95 Å². The third-order valence-corrected chi connectivity index (χ3v) is 3.29. The first-order valence-corrected chi connectivity index (χ1v) is 5.74. The van der Waals surface area contributed by atoms with Crippen molar-refractivity contribution in [2.75, 3.05) is 18.0 Å². The van der Waals surface area contributed by atoms with Gasteiger partial charge in [0.25, 0.3) is 0 Å². The SMILES string of the molecule is CCn1ccnc1N1CCC(C(C)N)C1. The maximum atomic E-state index is 5.93. The van der Waals surface area contributed by atoms with Gasteiger partial charge in [-0.1, -0.05) is 0 Å². The fourth-order valence-corrected chi connectivity index (χ4v) is 2.23. The maximum Gasteiger partial charge on any atom is 0.205 e. The Bertz CT molecular complexity index is 318. The van der Waals surface area contributed by atoms with Crippen LogP contribution in [0.1, 0.15) is 20.3 Å². The monoisotopic (exact) mass is 208 g/mol. The van der Waals surface area contributed by atoms with Crippen LogP contribution in [0.15, 0.2) is 12.4 Å². The first kappa shape index (κ1) is 10.5. The molecule has 1 aromatic rings. The largest absolute Gasteiger partial charge is 0.342 e. The van der Waals surface area contributed by atoms with Gasteiger partial charge in [0.05, 0.1) is 0 Å². The highest BCUT2D eigenvalue weighted by Gasteiger charge is 2.27. The van der Waals surface area contributed by atoms with Gasteiger partial charge in [-0.15, -0.1) is 0 Å². The van der Waals surface area contributed by atoms with Crippen LogP contribution in [0.3, 0.4) is 0 Å². The molecule has 0 radical (unpaired) electrons. The molecule has 0 spiro atoms. The Morgan fingerprint density at radius 1 is 1.67 bits per heavy atom. The van der Waals surface area contributed by atoms with Crippen molar-refractivity contribution in [3.8, 4) is 0 Å². The molecule has 2 N–H and O–H groups in total. The molecule has 0 amide bonds. The lowest BCUT2D eigenvalue weighted by Crippen LogP contribution is -2.30. The smallest absolute Gasteiger partial charge is 0.205 e. The van der Waals surface area contributed by atoms with E-state index in [4.69, 9.17) is 5.73 Å². The van der Waals surface area contributed by atoms with Crippen molar-refractivity contribution < 1.29 is 0 Å². The second-order valence-electron chi connectivity index (χ2n) is 4.37. The van der Waals surface area contributed by atoms with Crippen LogP contribution in [0, 0.1) is 5.92 Å². The van der Waals surface area contributed by atoms with Gasteiger partial charge in [-0.2, -0.15) is 0 Å². The zero-order valence-corrected chi connectivity index (χ0v) is 9.56. The third kappa shape index (κ3) is 2.00. The minimum atomic E-state index is 0.292. The molecule has 2 atom stereocenters. The van der Waals surface area contributed by atoms with Crippen LogP contribution >= 0.6 is 0 Å².